The van der Waals surface area contributed by atoms with Gasteiger partial charge in [-0.05, 0) is 18.4 Å². The summed E-state index contributed by atoms with van der Waals surface area (Å²) >= 11 is 1.43. The van der Waals surface area contributed by atoms with Crippen molar-refractivity contribution in [1.82, 2.24) is 14.9 Å². The summed E-state index contributed by atoms with van der Waals surface area (Å²) in [6.45, 7) is 5.17. The second-order valence-corrected chi connectivity index (χ2v) is 5.46. The Labute approximate surface area is 108 Å². The molecule has 1 saturated heterocycles. The topological polar surface area (TPSA) is 58.2 Å². The zero-order valence-electron chi connectivity index (χ0n) is 10.2. The van der Waals surface area contributed by atoms with E-state index in [9.17, 15) is 4.79 Å². The molecule has 6 heteroatoms. The number of morpholine rings is 1. The van der Waals surface area contributed by atoms with Gasteiger partial charge in [0.1, 0.15) is 10.5 Å². The standard InChI is InChI=1S/C12H15N3O2S/c1-8-7-17-4-3-15(8)6-10-13-9-2-5-18-11(9)12(16)14-10/h2,5,8H,3-4,6-7H2,1H3,(H,13,14,16)/t8-/m1/s1. The first-order valence-electron chi connectivity index (χ1n) is 6.02. The number of nitrogens with one attached hydrogen (secondary N) is 1. The number of aromatic amines is 1. The average Bonchev–Trinajstić information content (AvgIpc) is 2.81. The van der Waals surface area contributed by atoms with Crippen molar-refractivity contribution in [3.8, 4) is 0 Å². The summed E-state index contributed by atoms with van der Waals surface area (Å²) in [6, 6.07) is 2.25. The van der Waals surface area contributed by atoms with E-state index in [2.05, 4.69) is 21.8 Å². The molecule has 1 aliphatic heterocycles. The Morgan fingerprint density at radius 1 is 1.67 bits per heavy atom. The maximum absolute atomic E-state index is 11.9. The Hall–Kier alpha value is -1.24. The number of hydrogen-bond acceptors (Lipinski definition) is 5. The van der Waals surface area contributed by atoms with Crippen molar-refractivity contribution < 1.29 is 4.74 Å². The van der Waals surface area contributed by atoms with Crippen molar-refractivity contribution in [2.75, 3.05) is 19.8 Å². The minimum Gasteiger partial charge on any atom is -0.379 e. The SMILES string of the molecule is C[C@@H]1COCCN1Cc1nc2ccsc2c(=O)[nH]1. The molecular formula is C12H15N3O2S. The van der Waals surface area contributed by atoms with Crippen molar-refractivity contribution in [3.63, 3.8) is 0 Å². The van der Waals surface area contributed by atoms with Crippen LogP contribution in [-0.2, 0) is 11.3 Å². The fourth-order valence-corrected chi connectivity index (χ4v) is 2.91. The fraction of sp³-hybridized carbons (Fsp3) is 0.500. The van der Waals surface area contributed by atoms with E-state index in [1.807, 2.05) is 11.4 Å². The van der Waals surface area contributed by atoms with Crippen LogP contribution >= 0.6 is 11.3 Å². The Balaban J connectivity index is 1.87. The zero-order valence-corrected chi connectivity index (χ0v) is 11.0. The van der Waals surface area contributed by atoms with E-state index in [4.69, 9.17) is 4.74 Å². The second-order valence-electron chi connectivity index (χ2n) is 4.54. The molecule has 0 aliphatic carbocycles. The number of thiophene rings is 1. The molecule has 18 heavy (non-hydrogen) atoms. The van der Waals surface area contributed by atoms with Crippen LogP contribution < -0.4 is 5.56 Å². The minimum atomic E-state index is -0.0362. The molecule has 1 N–H and O–H groups in total. The molecule has 0 radical (unpaired) electrons. The van der Waals surface area contributed by atoms with E-state index in [1.165, 1.54) is 11.3 Å². The van der Waals surface area contributed by atoms with Gasteiger partial charge in [-0.2, -0.15) is 0 Å². The van der Waals surface area contributed by atoms with Gasteiger partial charge in [0.25, 0.3) is 5.56 Å². The number of H-pyrrole nitrogens is 1. The van der Waals surface area contributed by atoms with Crippen LogP contribution in [0.1, 0.15) is 12.7 Å². The number of rotatable bonds is 2. The van der Waals surface area contributed by atoms with E-state index in [1.54, 1.807) is 0 Å². The molecular weight excluding hydrogens is 250 g/mol. The van der Waals surface area contributed by atoms with Crippen molar-refractivity contribution in [2.45, 2.75) is 19.5 Å². The number of ether oxygens (including phenoxy) is 1. The van der Waals surface area contributed by atoms with Crippen LogP contribution in [0.25, 0.3) is 10.2 Å². The maximum Gasteiger partial charge on any atom is 0.268 e. The number of nitrogens with zero attached hydrogens (tertiary/aromatic N) is 2. The molecule has 1 aliphatic rings. The molecule has 0 amide bonds. The van der Waals surface area contributed by atoms with E-state index in [0.29, 0.717) is 17.3 Å². The molecule has 0 unspecified atom stereocenters. The van der Waals surface area contributed by atoms with Gasteiger partial charge in [0.15, 0.2) is 0 Å². The smallest absolute Gasteiger partial charge is 0.268 e. The highest BCUT2D eigenvalue weighted by Crippen LogP contribution is 2.15. The fourth-order valence-electron chi connectivity index (χ4n) is 2.19. The summed E-state index contributed by atoms with van der Waals surface area (Å²) in [5, 5.41) is 1.90. The van der Waals surface area contributed by atoms with E-state index in [0.717, 1.165) is 31.1 Å². The van der Waals surface area contributed by atoms with Crippen molar-refractivity contribution in [2.24, 2.45) is 0 Å². The maximum atomic E-state index is 11.9. The van der Waals surface area contributed by atoms with Gasteiger partial charge in [-0.3, -0.25) is 9.69 Å². The Morgan fingerprint density at radius 3 is 3.39 bits per heavy atom. The van der Waals surface area contributed by atoms with E-state index in [-0.39, 0.29) is 5.56 Å². The molecule has 1 atom stereocenters. The van der Waals surface area contributed by atoms with E-state index < -0.39 is 0 Å². The number of aromatic nitrogens is 2. The summed E-state index contributed by atoms with van der Waals surface area (Å²) in [5.41, 5.74) is 0.755. The van der Waals surface area contributed by atoms with Crippen molar-refractivity contribution in [3.05, 3.63) is 27.6 Å². The molecule has 2 aromatic heterocycles. The Kier molecular flexibility index (Phi) is 3.15. The first-order chi connectivity index (χ1) is 8.74. The Morgan fingerprint density at radius 2 is 2.56 bits per heavy atom. The van der Waals surface area contributed by atoms with Crippen LogP contribution in [0, 0.1) is 0 Å². The van der Waals surface area contributed by atoms with Gasteiger partial charge in [-0.25, -0.2) is 4.98 Å². The van der Waals surface area contributed by atoms with Gasteiger partial charge in [0, 0.05) is 12.6 Å². The quantitative estimate of drug-likeness (QED) is 0.886. The summed E-state index contributed by atoms with van der Waals surface area (Å²) in [4.78, 5) is 21.5. The van der Waals surface area contributed by atoms with Gasteiger partial charge in [0.05, 0.1) is 25.3 Å². The molecule has 2 aromatic rings. The predicted molar refractivity (Wildman–Crippen MR) is 70.9 cm³/mol. The molecule has 0 aromatic carbocycles. The summed E-state index contributed by atoms with van der Waals surface area (Å²) < 4.78 is 6.10. The third-order valence-electron chi connectivity index (χ3n) is 3.22. The molecule has 0 spiro atoms. The van der Waals surface area contributed by atoms with E-state index >= 15 is 0 Å². The molecule has 3 heterocycles. The van der Waals surface area contributed by atoms with Crippen LogP contribution in [0.4, 0.5) is 0 Å². The van der Waals surface area contributed by atoms with Crippen LogP contribution in [-0.4, -0.2) is 40.7 Å². The first kappa shape index (κ1) is 11.8. The summed E-state index contributed by atoms with van der Waals surface area (Å²) in [6.07, 6.45) is 0. The van der Waals surface area contributed by atoms with Gasteiger partial charge >= 0.3 is 0 Å². The lowest BCUT2D eigenvalue weighted by molar-refractivity contribution is -0.00547. The van der Waals surface area contributed by atoms with Gasteiger partial charge in [-0.15, -0.1) is 11.3 Å². The predicted octanol–water partition coefficient (Wildman–Crippen LogP) is 1.21. The Bertz CT molecular complexity index is 607. The van der Waals surface area contributed by atoms with Gasteiger partial charge in [0.2, 0.25) is 0 Å². The van der Waals surface area contributed by atoms with Gasteiger partial charge < -0.3 is 9.72 Å². The normalized spacial score (nSPS) is 21.5. The summed E-state index contributed by atoms with van der Waals surface area (Å²) in [7, 11) is 0. The van der Waals surface area contributed by atoms with Crippen LogP contribution in [0.5, 0.6) is 0 Å². The lowest BCUT2D eigenvalue weighted by Gasteiger charge is -2.32. The van der Waals surface area contributed by atoms with Gasteiger partial charge in [-0.1, -0.05) is 0 Å². The first-order valence-corrected chi connectivity index (χ1v) is 6.90. The van der Waals surface area contributed by atoms with Crippen LogP contribution in [0.15, 0.2) is 16.2 Å². The molecule has 1 fully saturated rings. The van der Waals surface area contributed by atoms with Crippen molar-refractivity contribution >= 4 is 21.6 Å². The molecule has 5 nitrogen and oxygen atoms in total. The summed E-state index contributed by atoms with van der Waals surface area (Å²) in [5.74, 6) is 0.736. The largest absolute Gasteiger partial charge is 0.379 e. The third kappa shape index (κ3) is 2.19. The minimum absolute atomic E-state index is 0.0362. The zero-order chi connectivity index (χ0) is 12.5. The second kappa shape index (κ2) is 4.79. The molecule has 0 bridgehead atoms. The molecule has 3 rings (SSSR count). The third-order valence-corrected chi connectivity index (χ3v) is 4.12. The number of fused-ring (bicyclic) bond motifs is 1. The highest BCUT2D eigenvalue weighted by molar-refractivity contribution is 7.17. The van der Waals surface area contributed by atoms with Crippen LogP contribution in [0.2, 0.25) is 0 Å². The monoisotopic (exact) mass is 265 g/mol. The lowest BCUT2D eigenvalue weighted by atomic mass is 10.2. The molecule has 0 saturated carbocycles. The van der Waals surface area contributed by atoms with Crippen molar-refractivity contribution in [1.29, 1.82) is 0 Å². The average molecular weight is 265 g/mol. The van der Waals surface area contributed by atoms with Crippen LogP contribution in [0.3, 0.4) is 0 Å². The highest BCUT2D eigenvalue weighted by Gasteiger charge is 2.19. The molecule has 96 valence electrons. The number of hydrogen-bond donors (Lipinski definition) is 1. The lowest BCUT2D eigenvalue weighted by Crippen LogP contribution is -2.43. The highest BCUT2D eigenvalue weighted by atomic mass is 32.1.